The lowest BCUT2D eigenvalue weighted by Crippen LogP contribution is -2.41. The van der Waals surface area contributed by atoms with Gasteiger partial charge in [-0.2, -0.15) is 0 Å². The normalized spacial score (nSPS) is 15.5. The molecule has 1 aliphatic carbocycles. The van der Waals surface area contributed by atoms with Crippen molar-refractivity contribution in [3.63, 3.8) is 0 Å². The fourth-order valence-electron chi connectivity index (χ4n) is 3.11. The number of carbonyl (C=O) groups is 1. The first kappa shape index (κ1) is 13.9. The topological polar surface area (TPSA) is 59.0 Å². The first-order valence-electron chi connectivity index (χ1n) is 7.67. The van der Waals surface area contributed by atoms with E-state index >= 15 is 0 Å². The van der Waals surface area contributed by atoms with E-state index in [0.717, 1.165) is 30.3 Å². The van der Waals surface area contributed by atoms with Crippen molar-refractivity contribution >= 4 is 17.1 Å². The number of aromatic nitrogens is 2. The van der Waals surface area contributed by atoms with E-state index < -0.39 is 0 Å². The van der Waals surface area contributed by atoms with E-state index in [2.05, 4.69) is 27.9 Å². The Morgan fingerprint density at radius 1 is 1.43 bits per heavy atom. The van der Waals surface area contributed by atoms with Crippen LogP contribution in [0.5, 0.6) is 0 Å². The molecule has 21 heavy (non-hydrogen) atoms. The molecule has 2 amide bonds. The van der Waals surface area contributed by atoms with E-state index in [1.807, 2.05) is 17.7 Å². The lowest BCUT2D eigenvalue weighted by Gasteiger charge is -2.12. The molecule has 0 aliphatic heterocycles. The highest BCUT2D eigenvalue weighted by Crippen LogP contribution is 2.19. The zero-order valence-electron chi connectivity index (χ0n) is 12.4. The maximum atomic E-state index is 11.8. The Kier molecular flexibility index (Phi) is 4.08. The van der Waals surface area contributed by atoms with Crippen molar-refractivity contribution in [2.24, 2.45) is 7.05 Å². The molecule has 2 aromatic rings. The van der Waals surface area contributed by atoms with Gasteiger partial charge < -0.3 is 15.2 Å². The minimum atomic E-state index is -0.0414. The zero-order chi connectivity index (χ0) is 14.7. The molecule has 5 nitrogen and oxygen atoms in total. The monoisotopic (exact) mass is 286 g/mol. The second-order valence-corrected chi connectivity index (χ2v) is 5.77. The molecule has 1 aliphatic rings. The van der Waals surface area contributed by atoms with Crippen molar-refractivity contribution in [1.29, 1.82) is 0 Å². The second kappa shape index (κ2) is 6.16. The van der Waals surface area contributed by atoms with Crippen molar-refractivity contribution in [3.8, 4) is 0 Å². The van der Waals surface area contributed by atoms with Crippen LogP contribution in [-0.4, -0.2) is 28.2 Å². The molecule has 0 radical (unpaired) electrons. The van der Waals surface area contributed by atoms with Crippen LogP contribution in [-0.2, 0) is 13.5 Å². The summed E-state index contributed by atoms with van der Waals surface area (Å²) in [7, 11) is 2.00. The fraction of sp³-hybridized carbons (Fsp3) is 0.500. The largest absolute Gasteiger partial charge is 0.338 e. The summed E-state index contributed by atoms with van der Waals surface area (Å²) in [5.41, 5.74) is 2.21. The summed E-state index contributed by atoms with van der Waals surface area (Å²) < 4.78 is 2.03. The van der Waals surface area contributed by atoms with Crippen molar-refractivity contribution in [2.45, 2.75) is 38.1 Å². The molecular formula is C16H22N4O. The molecule has 0 unspecified atom stereocenters. The molecule has 112 valence electrons. The van der Waals surface area contributed by atoms with E-state index in [4.69, 9.17) is 0 Å². The van der Waals surface area contributed by atoms with E-state index in [-0.39, 0.29) is 6.03 Å². The predicted octanol–water partition coefficient (Wildman–Crippen LogP) is 2.36. The van der Waals surface area contributed by atoms with E-state index in [1.54, 1.807) is 6.20 Å². The molecule has 1 saturated carbocycles. The highest BCUT2D eigenvalue weighted by molar-refractivity contribution is 5.80. The van der Waals surface area contributed by atoms with Gasteiger partial charge in [-0.05, 0) is 37.0 Å². The Morgan fingerprint density at radius 3 is 3.05 bits per heavy atom. The van der Waals surface area contributed by atoms with Gasteiger partial charge in [-0.3, -0.25) is 0 Å². The van der Waals surface area contributed by atoms with Gasteiger partial charge in [0.05, 0.1) is 0 Å². The zero-order valence-corrected chi connectivity index (χ0v) is 12.4. The Labute approximate surface area is 124 Å². The quantitative estimate of drug-likeness (QED) is 0.906. The summed E-state index contributed by atoms with van der Waals surface area (Å²) in [5, 5.41) is 7.16. The van der Waals surface area contributed by atoms with Crippen LogP contribution in [0, 0.1) is 0 Å². The lowest BCUT2D eigenvalue weighted by molar-refractivity contribution is 0.237. The van der Waals surface area contributed by atoms with Crippen LogP contribution in [0.3, 0.4) is 0 Å². The molecule has 3 rings (SSSR count). The summed E-state index contributed by atoms with van der Waals surface area (Å²) >= 11 is 0. The van der Waals surface area contributed by atoms with Crippen molar-refractivity contribution in [3.05, 3.63) is 30.1 Å². The number of pyridine rings is 1. The molecule has 1 fully saturated rings. The van der Waals surface area contributed by atoms with Gasteiger partial charge in [0, 0.05) is 37.4 Å². The summed E-state index contributed by atoms with van der Waals surface area (Å²) in [4.78, 5) is 16.2. The third kappa shape index (κ3) is 3.17. The maximum absolute atomic E-state index is 11.8. The van der Waals surface area contributed by atoms with Crippen molar-refractivity contribution in [2.75, 3.05) is 6.54 Å². The predicted molar refractivity (Wildman–Crippen MR) is 83.2 cm³/mol. The standard InChI is InChI=1S/C16H22N4O/c1-20-11-12(14-7-4-9-17-15(14)20)8-10-18-16(21)19-13-5-2-3-6-13/h4,7,9,11,13H,2-3,5-6,8,10H2,1H3,(H2,18,19,21). The van der Waals surface area contributed by atoms with Crippen LogP contribution >= 0.6 is 0 Å². The number of nitrogens with one attached hydrogen (secondary N) is 2. The van der Waals surface area contributed by atoms with Gasteiger partial charge in [-0.15, -0.1) is 0 Å². The smallest absolute Gasteiger partial charge is 0.315 e. The molecule has 0 atom stereocenters. The SMILES string of the molecule is Cn1cc(CCNC(=O)NC2CCCC2)c2cccnc21. The molecule has 0 spiro atoms. The number of nitrogens with zero attached hydrogens (tertiary/aromatic N) is 2. The van der Waals surface area contributed by atoms with E-state index in [0.29, 0.717) is 12.6 Å². The summed E-state index contributed by atoms with van der Waals surface area (Å²) in [6.45, 7) is 0.645. The minimum Gasteiger partial charge on any atom is -0.338 e. The first-order valence-corrected chi connectivity index (χ1v) is 7.67. The van der Waals surface area contributed by atoms with Crippen LogP contribution in [0.1, 0.15) is 31.2 Å². The molecule has 5 heteroatoms. The number of fused-ring (bicyclic) bond motifs is 1. The highest BCUT2D eigenvalue weighted by Gasteiger charge is 2.16. The first-order chi connectivity index (χ1) is 10.2. The molecule has 2 N–H and O–H groups in total. The summed E-state index contributed by atoms with van der Waals surface area (Å²) in [5.74, 6) is 0. The molecule has 0 saturated heterocycles. The average Bonchev–Trinajstić information content (AvgIpc) is 3.09. The second-order valence-electron chi connectivity index (χ2n) is 5.77. The van der Waals surface area contributed by atoms with Crippen molar-refractivity contribution in [1.82, 2.24) is 20.2 Å². The lowest BCUT2D eigenvalue weighted by atomic mass is 10.1. The van der Waals surface area contributed by atoms with Gasteiger partial charge in [0.2, 0.25) is 0 Å². The number of aryl methyl sites for hydroxylation is 1. The van der Waals surface area contributed by atoms with Gasteiger partial charge in [-0.25, -0.2) is 9.78 Å². The van der Waals surface area contributed by atoms with Gasteiger partial charge in [-0.1, -0.05) is 12.8 Å². The molecule has 0 bridgehead atoms. The number of rotatable bonds is 4. The molecule has 2 heterocycles. The number of hydrogen-bond donors (Lipinski definition) is 2. The third-order valence-electron chi connectivity index (χ3n) is 4.19. The summed E-state index contributed by atoms with van der Waals surface area (Å²) in [6, 6.07) is 4.36. The van der Waals surface area contributed by atoms with Gasteiger partial charge in [0.25, 0.3) is 0 Å². The van der Waals surface area contributed by atoms with Crippen molar-refractivity contribution < 1.29 is 4.79 Å². The maximum Gasteiger partial charge on any atom is 0.315 e. The van der Waals surface area contributed by atoms with Crippen LogP contribution in [0.4, 0.5) is 4.79 Å². The average molecular weight is 286 g/mol. The third-order valence-corrected chi connectivity index (χ3v) is 4.19. The Bertz CT molecular complexity index is 628. The molecule has 2 aromatic heterocycles. The van der Waals surface area contributed by atoms with Crippen LogP contribution in [0.2, 0.25) is 0 Å². The number of carbonyl (C=O) groups excluding carboxylic acids is 1. The molecular weight excluding hydrogens is 264 g/mol. The fourth-order valence-corrected chi connectivity index (χ4v) is 3.11. The summed E-state index contributed by atoms with van der Waals surface area (Å²) in [6.07, 6.45) is 9.40. The Balaban J connectivity index is 1.53. The van der Waals surface area contributed by atoms with Gasteiger partial charge in [0.15, 0.2) is 0 Å². The minimum absolute atomic E-state index is 0.0414. The Morgan fingerprint density at radius 2 is 2.24 bits per heavy atom. The van der Waals surface area contributed by atoms with Crippen LogP contribution in [0.25, 0.3) is 11.0 Å². The van der Waals surface area contributed by atoms with E-state index in [1.165, 1.54) is 18.4 Å². The Hall–Kier alpha value is -2.04. The number of hydrogen-bond acceptors (Lipinski definition) is 2. The number of urea groups is 1. The van der Waals surface area contributed by atoms with Crippen LogP contribution in [0.15, 0.2) is 24.5 Å². The van der Waals surface area contributed by atoms with E-state index in [9.17, 15) is 4.79 Å². The highest BCUT2D eigenvalue weighted by atomic mass is 16.2. The molecule has 0 aromatic carbocycles. The number of amides is 2. The van der Waals surface area contributed by atoms with Gasteiger partial charge in [0.1, 0.15) is 5.65 Å². The van der Waals surface area contributed by atoms with Gasteiger partial charge >= 0.3 is 6.03 Å². The van der Waals surface area contributed by atoms with Crippen LogP contribution < -0.4 is 10.6 Å².